The first-order valence-electron chi connectivity index (χ1n) is 6.40. The number of rotatable bonds is 1. The quantitative estimate of drug-likeness (QED) is 0.570. The van der Waals surface area contributed by atoms with Gasteiger partial charge in [0.2, 0.25) is 0 Å². The molecule has 0 amide bonds. The third-order valence-electron chi connectivity index (χ3n) is 3.01. The minimum absolute atomic E-state index is 0.797. The highest BCUT2D eigenvalue weighted by Crippen LogP contribution is 2.23. The van der Waals surface area contributed by atoms with E-state index in [1.54, 1.807) is 5.57 Å². The molecule has 1 aromatic rings. The summed E-state index contributed by atoms with van der Waals surface area (Å²) in [6, 6.07) is 10.3. The largest absolute Gasteiger partial charge is 0.0851 e. The van der Waals surface area contributed by atoms with Crippen LogP contribution in [0.15, 0.2) is 42.0 Å². The molecule has 0 aliphatic heterocycles. The van der Waals surface area contributed by atoms with Crippen LogP contribution in [0.5, 0.6) is 0 Å². The summed E-state index contributed by atoms with van der Waals surface area (Å²) >= 11 is 0. The molecule has 0 atom stereocenters. The van der Waals surface area contributed by atoms with Crippen LogP contribution < -0.4 is 0 Å². The van der Waals surface area contributed by atoms with Gasteiger partial charge in [-0.25, -0.2) is 0 Å². The van der Waals surface area contributed by atoms with Crippen molar-refractivity contribution in [2.45, 2.75) is 46.5 Å². The van der Waals surface area contributed by atoms with Crippen LogP contribution in [-0.4, -0.2) is 0 Å². The van der Waals surface area contributed by atoms with Gasteiger partial charge >= 0.3 is 0 Å². The minimum Gasteiger partial charge on any atom is -0.0851 e. The Bertz CT molecular complexity index is 306. The summed E-state index contributed by atoms with van der Waals surface area (Å²) < 4.78 is 0. The van der Waals surface area contributed by atoms with Crippen molar-refractivity contribution in [3.05, 3.63) is 47.5 Å². The Balaban J connectivity index is 0.000000165. The third-order valence-corrected chi connectivity index (χ3v) is 3.01. The van der Waals surface area contributed by atoms with E-state index in [4.69, 9.17) is 0 Å². The van der Waals surface area contributed by atoms with Gasteiger partial charge in [-0.15, -0.1) is 0 Å². The molecule has 0 aromatic heterocycles. The summed E-state index contributed by atoms with van der Waals surface area (Å²) in [6.45, 7) is 6.66. The second-order valence-corrected chi connectivity index (χ2v) is 4.83. The Morgan fingerprint density at radius 3 is 2.00 bits per heavy atom. The number of aryl methyl sites for hydroxylation is 1. The van der Waals surface area contributed by atoms with E-state index < -0.39 is 0 Å². The first-order chi connectivity index (χ1) is 7.70. The van der Waals surface area contributed by atoms with Crippen LogP contribution in [0, 0.1) is 12.8 Å². The van der Waals surface area contributed by atoms with Crippen molar-refractivity contribution >= 4 is 0 Å². The molecule has 0 saturated heterocycles. The maximum atomic E-state index is 2.42. The van der Waals surface area contributed by atoms with Gasteiger partial charge in [-0.05, 0) is 38.5 Å². The molecular weight excluding hydrogens is 192 g/mol. The van der Waals surface area contributed by atoms with Crippen LogP contribution in [0.25, 0.3) is 0 Å². The average Bonchev–Trinajstić information content (AvgIpc) is 2.32. The Morgan fingerprint density at radius 2 is 1.69 bits per heavy atom. The van der Waals surface area contributed by atoms with Gasteiger partial charge in [0, 0.05) is 0 Å². The Hall–Kier alpha value is -1.04. The van der Waals surface area contributed by atoms with Gasteiger partial charge in [0.25, 0.3) is 0 Å². The van der Waals surface area contributed by atoms with Crippen LogP contribution in [0.3, 0.4) is 0 Å². The predicted molar refractivity (Wildman–Crippen MR) is 72.6 cm³/mol. The number of allylic oxidation sites excluding steroid dienone is 2. The van der Waals surface area contributed by atoms with E-state index in [2.05, 4.69) is 39.0 Å². The fraction of sp³-hybridized carbons (Fsp3) is 0.500. The molecule has 1 aromatic carbocycles. The molecule has 88 valence electrons. The molecule has 16 heavy (non-hydrogen) atoms. The lowest BCUT2D eigenvalue weighted by Crippen LogP contribution is -1.98. The second-order valence-electron chi connectivity index (χ2n) is 4.83. The monoisotopic (exact) mass is 216 g/mol. The van der Waals surface area contributed by atoms with E-state index in [1.165, 1.54) is 31.2 Å². The molecule has 0 saturated carbocycles. The van der Waals surface area contributed by atoms with Gasteiger partial charge in [-0.2, -0.15) is 0 Å². The lowest BCUT2D eigenvalue weighted by molar-refractivity contribution is 0.620. The minimum atomic E-state index is 0.797. The Morgan fingerprint density at radius 1 is 1.00 bits per heavy atom. The predicted octanol–water partition coefficient (Wildman–Crippen LogP) is 5.14. The summed E-state index contributed by atoms with van der Waals surface area (Å²) in [5.74, 6) is 0.797. The SMILES string of the molecule is CC(C)C1=CCCCC1.Cc1ccccc1. The summed E-state index contributed by atoms with van der Waals surface area (Å²) in [5, 5.41) is 0. The van der Waals surface area contributed by atoms with E-state index in [1.807, 2.05) is 18.2 Å². The molecule has 0 fully saturated rings. The van der Waals surface area contributed by atoms with Crippen molar-refractivity contribution in [3.63, 3.8) is 0 Å². The lowest BCUT2D eigenvalue weighted by Gasteiger charge is -2.15. The van der Waals surface area contributed by atoms with Gasteiger partial charge < -0.3 is 0 Å². The molecule has 0 bridgehead atoms. The fourth-order valence-corrected chi connectivity index (χ4v) is 1.92. The first-order valence-corrected chi connectivity index (χ1v) is 6.40. The van der Waals surface area contributed by atoms with Crippen molar-refractivity contribution in [1.29, 1.82) is 0 Å². The van der Waals surface area contributed by atoms with Crippen molar-refractivity contribution in [2.75, 3.05) is 0 Å². The maximum absolute atomic E-state index is 2.42. The summed E-state index contributed by atoms with van der Waals surface area (Å²) in [6.07, 6.45) is 7.94. The highest BCUT2D eigenvalue weighted by Gasteiger charge is 2.05. The Labute approximate surface area is 100 Å². The van der Waals surface area contributed by atoms with E-state index in [-0.39, 0.29) is 0 Å². The van der Waals surface area contributed by atoms with Crippen LogP contribution in [0.4, 0.5) is 0 Å². The normalized spacial score (nSPS) is 15.1. The molecule has 0 spiro atoms. The van der Waals surface area contributed by atoms with E-state index in [0.717, 1.165) is 5.92 Å². The highest BCUT2D eigenvalue weighted by molar-refractivity contribution is 5.11. The zero-order valence-corrected chi connectivity index (χ0v) is 10.9. The van der Waals surface area contributed by atoms with Gasteiger partial charge in [0.1, 0.15) is 0 Å². The number of hydrogen-bond acceptors (Lipinski definition) is 0. The first kappa shape index (κ1) is 13.0. The summed E-state index contributed by atoms with van der Waals surface area (Å²) in [4.78, 5) is 0. The Kier molecular flexibility index (Phi) is 5.92. The highest BCUT2D eigenvalue weighted by atomic mass is 14.1. The van der Waals surface area contributed by atoms with E-state index in [0.29, 0.717) is 0 Å². The molecule has 1 aliphatic rings. The summed E-state index contributed by atoms with van der Waals surface area (Å²) in [7, 11) is 0. The number of benzene rings is 1. The molecule has 0 heteroatoms. The van der Waals surface area contributed by atoms with Gasteiger partial charge in [0.05, 0.1) is 0 Å². The average molecular weight is 216 g/mol. The lowest BCUT2D eigenvalue weighted by atomic mass is 9.92. The zero-order chi connectivity index (χ0) is 11.8. The number of hydrogen-bond donors (Lipinski definition) is 0. The summed E-state index contributed by atoms with van der Waals surface area (Å²) in [5.41, 5.74) is 3.00. The molecule has 0 radical (unpaired) electrons. The van der Waals surface area contributed by atoms with Crippen molar-refractivity contribution < 1.29 is 0 Å². The molecule has 2 rings (SSSR count). The molecule has 0 N–H and O–H groups in total. The van der Waals surface area contributed by atoms with Crippen LogP contribution in [-0.2, 0) is 0 Å². The van der Waals surface area contributed by atoms with Gasteiger partial charge in [0.15, 0.2) is 0 Å². The van der Waals surface area contributed by atoms with Gasteiger partial charge in [-0.3, -0.25) is 0 Å². The second kappa shape index (κ2) is 7.27. The van der Waals surface area contributed by atoms with Crippen LogP contribution >= 0.6 is 0 Å². The molecular formula is C16H24. The molecule has 1 aliphatic carbocycles. The third kappa shape index (κ3) is 5.16. The smallest absolute Gasteiger partial charge is 0.0260 e. The zero-order valence-electron chi connectivity index (χ0n) is 10.9. The van der Waals surface area contributed by atoms with Crippen molar-refractivity contribution in [2.24, 2.45) is 5.92 Å². The maximum Gasteiger partial charge on any atom is -0.0260 e. The fourth-order valence-electron chi connectivity index (χ4n) is 1.92. The van der Waals surface area contributed by atoms with Gasteiger partial charge in [-0.1, -0.05) is 61.4 Å². The molecule has 0 nitrogen and oxygen atoms in total. The van der Waals surface area contributed by atoms with Crippen LogP contribution in [0.2, 0.25) is 0 Å². The topological polar surface area (TPSA) is 0 Å². The standard InChI is InChI=1S/C9H16.C7H8/c1-8(2)9-6-4-3-5-7-9;1-7-5-3-2-4-6-7/h6,8H,3-5,7H2,1-2H3;2-6H,1H3. The van der Waals surface area contributed by atoms with Crippen molar-refractivity contribution in [3.8, 4) is 0 Å². The van der Waals surface area contributed by atoms with E-state index >= 15 is 0 Å². The van der Waals surface area contributed by atoms with Crippen LogP contribution in [0.1, 0.15) is 45.1 Å². The molecule has 0 unspecified atom stereocenters. The van der Waals surface area contributed by atoms with E-state index in [9.17, 15) is 0 Å². The molecule has 0 heterocycles. The van der Waals surface area contributed by atoms with Crippen molar-refractivity contribution in [1.82, 2.24) is 0 Å².